The number of carbonyl (C=O) groups is 2. The van der Waals surface area contributed by atoms with Gasteiger partial charge in [0.2, 0.25) is 0 Å². The average Bonchev–Trinajstić information content (AvgIpc) is 2.55. The van der Waals surface area contributed by atoms with Crippen molar-refractivity contribution in [1.82, 2.24) is 5.32 Å². The van der Waals surface area contributed by atoms with Crippen molar-refractivity contribution in [2.75, 3.05) is 0 Å². The Balaban J connectivity index is 2.16. The van der Waals surface area contributed by atoms with Gasteiger partial charge in [0.05, 0.1) is 5.56 Å². The first-order valence-electron chi connectivity index (χ1n) is 7.83. The minimum absolute atomic E-state index is 0.122. The third kappa shape index (κ3) is 4.79. The number of carbonyl (C=O) groups excluding carboxylic acids is 2. The lowest BCUT2D eigenvalue weighted by molar-refractivity contribution is -0.137. The van der Waals surface area contributed by atoms with Crippen molar-refractivity contribution < 1.29 is 18.7 Å². The van der Waals surface area contributed by atoms with E-state index in [1.54, 1.807) is 45.0 Å². The maximum absolute atomic E-state index is 13.7. The Morgan fingerprint density at radius 2 is 1.84 bits per heavy atom. The summed E-state index contributed by atoms with van der Waals surface area (Å²) in [7, 11) is 0. The van der Waals surface area contributed by atoms with E-state index in [0.29, 0.717) is 16.3 Å². The molecule has 0 unspecified atom stereocenters. The van der Waals surface area contributed by atoms with E-state index in [0.717, 1.165) is 0 Å². The molecule has 0 saturated carbocycles. The van der Waals surface area contributed by atoms with Crippen LogP contribution in [0.25, 0.3) is 0 Å². The maximum atomic E-state index is 13.7. The van der Waals surface area contributed by atoms with E-state index in [4.69, 9.17) is 16.3 Å². The Morgan fingerprint density at radius 1 is 1.16 bits per heavy atom. The highest BCUT2D eigenvalue weighted by Gasteiger charge is 2.27. The van der Waals surface area contributed by atoms with Crippen LogP contribution in [-0.2, 0) is 4.79 Å². The molecule has 0 radical (unpaired) electrons. The highest BCUT2D eigenvalue weighted by molar-refractivity contribution is 6.30. The monoisotopic (exact) mass is 363 g/mol. The minimum Gasteiger partial charge on any atom is -0.425 e. The summed E-state index contributed by atoms with van der Waals surface area (Å²) < 4.78 is 19.1. The number of esters is 1. The third-order valence-electron chi connectivity index (χ3n) is 3.67. The summed E-state index contributed by atoms with van der Waals surface area (Å²) in [5, 5.41) is 3.08. The number of aryl methyl sites for hydroxylation is 1. The topological polar surface area (TPSA) is 55.4 Å². The number of rotatable bonds is 5. The van der Waals surface area contributed by atoms with Crippen molar-refractivity contribution in [3.8, 4) is 5.75 Å². The molecule has 0 heterocycles. The largest absolute Gasteiger partial charge is 0.425 e. The SMILES string of the molecule is Cc1cc(Cl)ccc1OC(=O)[C@@H](NC(=O)c1ccccc1F)C(C)C. The molecule has 0 aliphatic heterocycles. The van der Waals surface area contributed by atoms with Crippen LogP contribution >= 0.6 is 11.6 Å². The van der Waals surface area contributed by atoms with Crippen LogP contribution in [0.2, 0.25) is 5.02 Å². The van der Waals surface area contributed by atoms with E-state index in [9.17, 15) is 14.0 Å². The fraction of sp³-hybridized carbons (Fsp3) is 0.263. The minimum atomic E-state index is -0.915. The Labute approximate surface area is 150 Å². The molecule has 0 fully saturated rings. The number of amides is 1. The van der Waals surface area contributed by atoms with Crippen LogP contribution < -0.4 is 10.1 Å². The number of benzene rings is 2. The Bertz CT molecular complexity index is 792. The summed E-state index contributed by atoms with van der Waals surface area (Å²) >= 11 is 5.88. The summed E-state index contributed by atoms with van der Waals surface area (Å²) in [6.07, 6.45) is 0. The molecule has 6 heteroatoms. The van der Waals surface area contributed by atoms with Crippen LogP contribution in [0.15, 0.2) is 42.5 Å². The Hall–Kier alpha value is -2.40. The highest BCUT2D eigenvalue weighted by Crippen LogP contribution is 2.22. The second kappa shape index (κ2) is 8.12. The molecule has 0 aromatic heterocycles. The summed E-state index contributed by atoms with van der Waals surface area (Å²) in [6, 6.07) is 9.55. The number of nitrogens with one attached hydrogen (secondary N) is 1. The molecule has 4 nitrogen and oxygen atoms in total. The van der Waals surface area contributed by atoms with Crippen molar-refractivity contribution in [2.24, 2.45) is 5.92 Å². The van der Waals surface area contributed by atoms with Crippen molar-refractivity contribution in [2.45, 2.75) is 26.8 Å². The molecule has 0 aliphatic carbocycles. The standard InChI is InChI=1S/C19H19ClFNO3/c1-11(2)17(22-18(23)14-6-4-5-7-15(14)21)19(24)25-16-9-8-13(20)10-12(16)3/h4-11,17H,1-3H3,(H,22,23)/t17-/m0/s1. The first kappa shape index (κ1) is 18.9. The Morgan fingerprint density at radius 3 is 2.44 bits per heavy atom. The molecule has 2 rings (SSSR count). The number of hydrogen-bond acceptors (Lipinski definition) is 3. The molecule has 1 atom stereocenters. The molecular weight excluding hydrogens is 345 g/mol. The maximum Gasteiger partial charge on any atom is 0.334 e. The molecule has 2 aromatic rings. The average molecular weight is 364 g/mol. The first-order valence-corrected chi connectivity index (χ1v) is 8.20. The third-order valence-corrected chi connectivity index (χ3v) is 3.91. The van der Waals surface area contributed by atoms with Gasteiger partial charge < -0.3 is 10.1 Å². The summed E-state index contributed by atoms with van der Waals surface area (Å²) in [5.41, 5.74) is 0.576. The van der Waals surface area contributed by atoms with Crippen LogP contribution in [0.1, 0.15) is 29.8 Å². The molecule has 1 N–H and O–H groups in total. The van der Waals surface area contributed by atoms with E-state index in [2.05, 4.69) is 5.32 Å². The predicted molar refractivity (Wildman–Crippen MR) is 94.3 cm³/mol. The lowest BCUT2D eigenvalue weighted by Gasteiger charge is -2.21. The van der Waals surface area contributed by atoms with Gasteiger partial charge in [0.1, 0.15) is 17.6 Å². The van der Waals surface area contributed by atoms with E-state index >= 15 is 0 Å². The molecule has 0 bridgehead atoms. The zero-order valence-electron chi connectivity index (χ0n) is 14.2. The summed E-state index contributed by atoms with van der Waals surface area (Å²) in [4.78, 5) is 24.8. The van der Waals surface area contributed by atoms with Crippen LogP contribution in [0.3, 0.4) is 0 Å². The van der Waals surface area contributed by atoms with E-state index in [-0.39, 0.29) is 11.5 Å². The van der Waals surface area contributed by atoms with Gasteiger partial charge in [-0.3, -0.25) is 4.79 Å². The number of ether oxygens (including phenoxy) is 1. The lowest BCUT2D eigenvalue weighted by Crippen LogP contribution is -2.46. The zero-order chi connectivity index (χ0) is 18.6. The van der Waals surface area contributed by atoms with E-state index in [1.165, 1.54) is 18.2 Å². The highest BCUT2D eigenvalue weighted by atomic mass is 35.5. The molecule has 25 heavy (non-hydrogen) atoms. The van der Waals surface area contributed by atoms with Gasteiger partial charge in [-0.1, -0.05) is 37.6 Å². The number of halogens is 2. The second-order valence-corrected chi connectivity index (χ2v) is 6.44. The number of hydrogen-bond donors (Lipinski definition) is 1. The van der Waals surface area contributed by atoms with Crippen molar-refractivity contribution in [3.63, 3.8) is 0 Å². The van der Waals surface area contributed by atoms with Crippen molar-refractivity contribution in [1.29, 1.82) is 0 Å². The van der Waals surface area contributed by atoms with Gasteiger partial charge in [-0.05, 0) is 48.7 Å². The second-order valence-electron chi connectivity index (χ2n) is 6.01. The first-order chi connectivity index (χ1) is 11.8. The van der Waals surface area contributed by atoms with Crippen LogP contribution in [0.4, 0.5) is 4.39 Å². The van der Waals surface area contributed by atoms with Crippen LogP contribution in [0.5, 0.6) is 5.75 Å². The fourth-order valence-electron chi connectivity index (χ4n) is 2.26. The summed E-state index contributed by atoms with van der Waals surface area (Å²) in [6.45, 7) is 5.29. The molecule has 132 valence electrons. The molecule has 0 saturated heterocycles. The fourth-order valence-corrected chi connectivity index (χ4v) is 2.49. The van der Waals surface area contributed by atoms with E-state index in [1.807, 2.05) is 0 Å². The zero-order valence-corrected chi connectivity index (χ0v) is 14.9. The normalized spacial score (nSPS) is 11.9. The quantitative estimate of drug-likeness (QED) is 0.641. The van der Waals surface area contributed by atoms with Crippen LogP contribution in [0, 0.1) is 18.7 Å². The van der Waals surface area contributed by atoms with Gasteiger partial charge >= 0.3 is 5.97 Å². The van der Waals surface area contributed by atoms with Gasteiger partial charge in [-0.25, -0.2) is 9.18 Å². The lowest BCUT2D eigenvalue weighted by atomic mass is 10.0. The molecule has 2 aromatic carbocycles. The predicted octanol–water partition coefficient (Wildman–Crippen LogP) is 4.15. The molecule has 1 amide bonds. The Kier molecular flexibility index (Phi) is 6.15. The smallest absolute Gasteiger partial charge is 0.334 e. The van der Waals surface area contributed by atoms with Crippen molar-refractivity contribution in [3.05, 3.63) is 64.4 Å². The van der Waals surface area contributed by atoms with Gasteiger partial charge in [-0.15, -0.1) is 0 Å². The van der Waals surface area contributed by atoms with Crippen molar-refractivity contribution >= 4 is 23.5 Å². The van der Waals surface area contributed by atoms with Gasteiger partial charge in [0.15, 0.2) is 0 Å². The van der Waals surface area contributed by atoms with Gasteiger partial charge in [0.25, 0.3) is 5.91 Å². The summed E-state index contributed by atoms with van der Waals surface area (Å²) in [5.74, 6) is -1.81. The van der Waals surface area contributed by atoms with Gasteiger partial charge in [-0.2, -0.15) is 0 Å². The van der Waals surface area contributed by atoms with E-state index < -0.39 is 23.7 Å². The van der Waals surface area contributed by atoms with Gasteiger partial charge in [0, 0.05) is 5.02 Å². The molecule has 0 spiro atoms. The van der Waals surface area contributed by atoms with Crippen LogP contribution in [-0.4, -0.2) is 17.9 Å². The molecule has 0 aliphatic rings. The molecular formula is C19H19ClFNO3.